The van der Waals surface area contributed by atoms with E-state index in [4.69, 9.17) is 4.98 Å². The second-order valence-electron chi connectivity index (χ2n) is 8.34. The molecule has 7 heteroatoms. The fourth-order valence-electron chi connectivity index (χ4n) is 3.57. The van der Waals surface area contributed by atoms with Crippen LogP contribution >= 0.6 is 0 Å². The first kappa shape index (κ1) is 20.8. The van der Waals surface area contributed by atoms with Crippen molar-refractivity contribution >= 4 is 27.8 Å². The van der Waals surface area contributed by atoms with E-state index < -0.39 is 10.2 Å². The molecule has 0 bridgehead atoms. The lowest BCUT2D eigenvalue weighted by atomic mass is 9.97. The number of Topliss-reactive ketones (excluding diaryl/α,β-unsaturated/α-hetero) is 1. The quantitative estimate of drug-likeness (QED) is 0.697. The van der Waals surface area contributed by atoms with E-state index in [1.54, 1.807) is 19.2 Å². The second-order valence-corrected chi connectivity index (χ2v) is 10.1. The Kier molecular flexibility index (Phi) is 5.51. The van der Waals surface area contributed by atoms with Crippen LogP contribution in [0.25, 0.3) is 17.2 Å². The standard InChI is InChI=1S/C23H27N3O3S/c1-15(2)26(3)30(28,29)25-18-11-9-16(10-12-18)21-13-19(14-23(27)17-7-8-17)24-22-6-4-5-20(21)22/h4-5,9-13,15,17,25H,6-8,14H2,1-3H3. The van der Waals surface area contributed by atoms with Gasteiger partial charge in [0.15, 0.2) is 0 Å². The van der Waals surface area contributed by atoms with E-state index in [1.165, 1.54) is 4.31 Å². The molecule has 1 aromatic heterocycles. The van der Waals surface area contributed by atoms with Gasteiger partial charge in [-0.25, -0.2) is 0 Å². The number of aromatic nitrogens is 1. The van der Waals surface area contributed by atoms with Gasteiger partial charge in [0.1, 0.15) is 5.78 Å². The van der Waals surface area contributed by atoms with Gasteiger partial charge in [0, 0.05) is 48.8 Å². The fraction of sp³-hybridized carbons (Fsp3) is 0.391. The minimum atomic E-state index is -3.60. The lowest BCUT2D eigenvalue weighted by Gasteiger charge is -2.21. The number of carbonyl (C=O) groups is 1. The number of rotatable bonds is 8. The van der Waals surface area contributed by atoms with Crippen LogP contribution in [-0.2, 0) is 27.8 Å². The molecule has 1 saturated carbocycles. The lowest BCUT2D eigenvalue weighted by Crippen LogP contribution is -2.37. The van der Waals surface area contributed by atoms with Crippen LogP contribution in [0.3, 0.4) is 0 Å². The van der Waals surface area contributed by atoms with E-state index in [-0.39, 0.29) is 17.7 Å². The number of fused-ring (bicyclic) bond motifs is 1. The van der Waals surface area contributed by atoms with E-state index in [9.17, 15) is 13.2 Å². The molecule has 0 unspecified atom stereocenters. The highest BCUT2D eigenvalue weighted by molar-refractivity contribution is 7.90. The Hall–Kier alpha value is -2.51. The topological polar surface area (TPSA) is 79.4 Å². The van der Waals surface area contributed by atoms with E-state index in [0.29, 0.717) is 12.1 Å². The predicted octanol–water partition coefficient (Wildman–Crippen LogP) is 3.84. The fourth-order valence-corrected chi connectivity index (χ4v) is 4.70. The predicted molar refractivity (Wildman–Crippen MR) is 119 cm³/mol. The molecule has 0 radical (unpaired) electrons. The molecule has 1 fully saturated rings. The smallest absolute Gasteiger partial charge is 0.299 e. The van der Waals surface area contributed by atoms with Crippen LogP contribution in [-0.4, -0.2) is 36.6 Å². The Bertz CT molecular complexity index is 1100. The number of hydrogen-bond acceptors (Lipinski definition) is 4. The van der Waals surface area contributed by atoms with Gasteiger partial charge in [0.2, 0.25) is 0 Å². The lowest BCUT2D eigenvalue weighted by molar-refractivity contribution is -0.119. The number of ketones is 1. The van der Waals surface area contributed by atoms with E-state index in [2.05, 4.69) is 16.9 Å². The molecule has 4 rings (SSSR count). The van der Waals surface area contributed by atoms with Crippen LogP contribution < -0.4 is 4.72 Å². The van der Waals surface area contributed by atoms with Gasteiger partial charge in [0.25, 0.3) is 0 Å². The highest BCUT2D eigenvalue weighted by atomic mass is 32.2. The third-order valence-electron chi connectivity index (χ3n) is 5.72. The molecular formula is C23H27N3O3S. The van der Waals surface area contributed by atoms with Crippen molar-refractivity contribution in [3.63, 3.8) is 0 Å². The third-order valence-corrected chi connectivity index (χ3v) is 7.40. The Morgan fingerprint density at radius 1 is 1.23 bits per heavy atom. The normalized spacial score (nSPS) is 15.6. The molecule has 30 heavy (non-hydrogen) atoms. The summed E-state index contributed by atoms with van der Waals surface area (Å²) < 4.78 is 28.8. The van der Waals surface area contributed by atoms with Gasteiger partial charge >= 0.3 is 10.2 Å². The molecule has 2 aliphatic carbocycles. The number of allylic oxidation sites excluding steroid dienone is 1. The summed E-state index contributed by atoms with van der Waals surface area (Å²) in [6.07, 6.45) is 7.30. The van der Waals surface area contributed by atoms with Crippen molar-refractivity contribution in [2.45, 2.75) is 45.6 Å². The zero-order valence-electron chi connectivity index (χ0n) is 17.6. The monoisotopic (exact) mass is 425 g/mol. The molecule has 0 aliphatic heterocycles. The average Bonchev–Trinajstić information content (AvgIpc) is 3.45. The summed E-state index contributed by atoms with van der Waals surface area (Å²) in [5.41, 5.74) is 5.39. The minimum absolute atomic E-state index is 0.135. The van der Waals surface area contributed by atoms with Crippen molar-refractivity contribution in [2.75, 3.05) is 11.8 Å². The molecule has 2 aliphatic rings. The highest BCUT2D eigenvalue weighted by Crippen LogP contribution is 2.34. The molecular weight excluding hydrogens is 398 g/mol. The molecule has 158 valence electrons. The molecule has 1 heterocycles. The number of anilines is 1. The summed E-state index contributed by atoms with van der Waals surface area (Å²) in [5.74, 6) is 0.497. The van der Waals surface area contributed by atoms with Gasteiger partial charge in [-0.2, -0.15) is 12.7 Å². The zero-order chi connectivity index (χ0) is 21.5. The maximum Gasteiger partial charge on any atom is 0.301 e. The van der Waals surface area contributed by atoms with Gasteiger partial charge in [-0.05, 0) is 56.0 Å². The van der Waals surface area contributed by atoms with Crippen molar-refractivity contribution in [1.82, 2.24) is 9.29 Å². The van der Waals surface area contributed by atoms with Gasteiger partial charge in [0.05, 0.1) is 5.69 Å². The SMILES string of the molecule is CC(C)N(C)S(=O)(=O)Nc1ccc(-c2cc(CC(=O)C3CC3)nc3c2C=CC3)cc1. The molecule has 1 N–H and O–H groups in total. The summed E-state index contributed by atoms with van der Waals surface area (Å²) in [6.45, 7) is 3.65. The van der Waals surface area contributed by atoms with Crippen LogP contribution in [0, 0.1) is 5.92 Å². The number of benzene rings is 1. The maximum absolute atomic E-state index is 12.4. The van der Waals surface area contributed by atoms with Gasteiger partial charge in [-0.3, -0.25) is 14.5 Å². The average molecular weight is 426 g/mol. The molecule has 0 amide bonds. The van der Waals surface area contributed by atoms with Crippen molar-refractivity contribution < 1.29 is 13.2 Å². The van der Waals surface area contributed by atoms with E-state index in [1.807, 2.05) is 32.0 Å². The molecule has 0 atom stereocenters. The van der Waals surface area contributed by atoms with Gasteiger partial charge in [-0.1, -0.05) is 24.3 Å². The summed E-state index contributed by atoms with van der Waals surface area (Å²) in [7, 11) is -2.04. The Morgan fingerprint density at radius 3 is 2.57 bits per heavy atom. The summed E-state index contributed by atoms with van der Waals surface area (Å²) in [5, 5.41) is 0. The Balaban J connectivity index is 1.60. The number of hydrogen-bond donors (Lipinski definition) is 1. The van der Waals surface area contributed by atoms with Crippen molar-refractivity contribution in [3.05, 3.63) is 53.4 Å². The van der Waals surface area contributed by atoms with Crippen molar-refractivity contribution in [3.8, 4) is 11.1 Å². The first-order valence-electron chi connectivity index (χ1n) is 10.3. The van der Waals surface area contributed by atoms with Crippen molar-refractivity contribution in [2.24, 2.45) is 5.92 Å². The second kappa shape index (κ2) is 7.96. The first-order chi connectivity index (χ1) is 14.2. The van der Waals surface area contributed by atoms with Gasteiger partial charge < -0.3 is 0 Å². The van der Waals surface area contributed by atoms with Crippen LogP contribution in [0.15, 0.2) is 36.4 Å². The number of carbonyl (C=O) groups excluding carboxylic acids is 1. The third kappa shape index (κ3) is 4.32. The summed E-state index contributed by atoms with van der Waals surface area (Å²) in [4.78, 5) is 17.0. The molecule has 1 aromatic carbocycles. The Morgan fingerprint density at radius 2 is 1.93 bits per heavy atom. The number of nitrogens with one attached hydrogen (secondary N) is 1. The van der Waals surface area contributed by atoms with Crippen molar-refractivity contribution in [1.29, 1.82) is 0 Å². The van der Waals surface area contributed by atoms with Gasteiger partial charge in [-0.15, -0.1) is 0 Å². The maximum atomic E-state index is 12.4. The largest absolute Gasteiger partial charge is 0.301 e. The number of nitrogens with zero attached hydrogens (tertiary/aromatic N) is 2. The van der Waals surface area contributed by atoms with Crippen LogP contribution in [0.2, 0.25) is 0 Å². The van der Waals surface area contributed by atoms with Crippen LogP contribution in [0.4, 0.5) is 5.69 Å². The minimum Gasteiger partial charge on any atom is -0.299 e. The van der Waals surface area contributed by atoms with E-state index >= 15 is 0 Å². The summed E-state index contributed by atoms with van der Waals surface area (Å²) in [6, 6.07) is 9.21. The summed E-state index contributed by atoms with van der Waals surface area (Å²) >= 11 is 0. The molecule has 0 spiro atoms. The van der Waals surface area contributed by atoms with Crippen LogP contribution in [0.1, 0.15) is 43.6 Å². The Labute approximate surface area is 178 Å². The molecule has 6 nitrogen and oxygen atoms in total. The molecule has 0 saturated heterocycles. The highest BCUT2D eigenvalue weighted by Gasteiger charge is 2.30. The molecule has 2 aromatic rings. The zero-order valence-corrected chi connectivity index (χ0v) is 18.4. The van der Waals surface area contributed by atoms with Crippen LogP contribution in [0.5, 0.6) is 0 Å². The first-order valence-corrected chi connectivity index (χ1v) is 11.8. The number of pyridine rings is 1. The van der Waals surface area contributed by atoms with E-state index in [0.717, 1.165) is 47.3 Å².